The van der Waals surface area contributed by atoms with E-state index in [9.17, 15) is 0 Å². The number of rotatable bonds is 6. The first kappa shape index (κ1) is 31.2. The molecular formula is C52H32N2OS. The van der Waals surface area contributed by atoms with Gasteiger partial charge in [0.25, 0.3) is 0 Å². The molecule has 0 unspecified atom stereocenters. The Labute approximate surface area is 326 Å². The number of benzene rings is 10. The summed E-state index contributed by atoms with van der Waals surface area (Å²) in [5.41, 5.74) is 8.49. The highest BCUT2D eigenvalue weighted by molar-refractivity contribution is 7.27. The Hall–Kier alpha value is -7.14. The van der Waals surface area contributed by atoms with E-state index < -0.39 is 0 Å². The summed E-state index contributed by atoms with van der Waals surface area (Å²) in [7, 11) is 0. The minimum Gasteiger partial charge on any atom is -0.455 e. The first-order valence-electron chi connectivity index (χ1n) is 19.0. The summed E-state index contributed by atoms with van der Waals surface area (Å²) in [4.78, 5) is 4.64. The van der Waals surface area contributed by atoms with Crippen molar-refractivity contribution in [3.63, 3.8) is 0 Å². The molecule has 0 radical (unpaired) electrons. The molecule has 0 saturated heterocycles. The van der Waals surface area contributed by atoms with Crippen molar-refractivity contribution in [1.82, 2.24) is 0 Å². The van der Waals surface area contributed by atoms with Gasteiger partial charge in [-0.3, -0.25) is 0 Å². The average Bonchev–Trinajstić information content (AvgIpc) is 3.84. The summed E-state index contributed by atoms with van der Waals surface area (Å²) in [6.45, 7) is 0. The van der Waals surface area contributed by atoms with Gasteiger partial charge in [0.2, 0.25) is 0 Å². The molecule has 2 aromatic heterocycles. The summed E-state index contributed by atoms with van der Waals surface area (Å²) in [6.07, 6.45) is 0. The Bertz CT molecular complexity index is 3100. The Kier molecular flexibility index (Phi) is 6.80. The van der Waals surface area contributed by atoms with E-state index in [-0.39, 0.29) is 0 Å². The van der Waals surface area contributed by atoms with E-state index in [2.05, 4.69) is 204 Å². The van der Waals surface area contributed by atoms with Crippen LogP contribution in [0.15, 0.2) is 199 Å². The van der Waals surface area contributed by atoms with Gasteiger partial charge in [0.15, 0.2) is 0 Å². The van der Waals surface area contributed by atoms with Crippen LogP contribution in [0.3, 0.4) is 0 Å². The number of para-hydroxylation sites is 4. The minimum absolute atomic E-state index is 0.882. The number of nitrogens with zero attached hydrogens (tertiary/aromatic N) is 2. The summed E-state index contributed by atoms with van der Waals surface area (Å²) in [6, 6.07) is 69.6. The van der Waals surface area contributed by atoms with E-state index in [4.69, 9.17) is 4.42 Å². The topological polar surface area (TPSA) is 19.6 Å². The van der Waals surface area contributed by atoms with Gasteiger partial charge < -0.3 is 14.2 Å². The SMILES string of the molecule is c1ccc(N(c2ccccc2)c2ccc3c(c2)oc2c4cccc5c6c7ccc(N(c8ccccc8)c8ccccc8)cc7sc6c6cccc(c32)c6c45)cc1. The number of fused-ring (bicyclic) bond motifs is 10. The smallest absolute Gasteiger partial charge is 0.143 e. The lowest BCUT2D eigenvalue weighted by Gasteiger charge is -2.25. The molecule has 0 saturated carbocycles. The van der Waals surface area contributed by atoms with Crippen LogP contribution in [0.1, 0.15) is 0 Å². The van der Waals surface area contributed by atoms with E-state index in [1.807, 2.05) is 11.3 Å². The zero-order valence-corrected chi connectivity index (χ0v) is 31.0. The maximum absolute atomic E-state index is 7.01. The maximum Gasteiger partial charge on any atom is 0.143 e. The largest absolute Gasteiger partial charge is 0.455 e. The molecule has 10 aromatic carbocycles. The molecule has 0 aliphatic rings. The quantitative estimate of drug-likeness (QED) is 0.159. The summed E-state index contributed by atoms with van der Waals surface area (Å²) < 4.78 is 9.60. The molecule has 0 atom stereocenters. The molecule has 0 spiro atoms. The predicted octanol–water partition coefficient (Wildman–Crippen LogP) is 15.8. The van der Waals surface area contributed by atoms with Crippen molar-refractivity contribution in [1.29, 1.82) is 0 Å². The number of hydrogen-bond acceptors (Lipinski definition) is 4. The molecule has 0 aliphatic carbocycles. The molecule has 0 N–H and O–H groups in total. The molecule has 3 nitrogen and oxygen atoms in total. The van der Waals surface area contributed by atoms with Gasteiger partial charge in [-0.1, -0.05) is 115 Å². The molecular weight excluding hydrogens is 701 g/mol. The van der Waals surface area contributed by atoms with E-state index in [0.717, 1.165) is 56.1 Å². The first-order valence-corrected chi connectivity index (χ1v) is 19.8. The Morgan fingerprint density at radius 2 is 0.786 bits per heavy atom. The van der Waals surface area contributed by atoms with Crippen LogP contribution in [0, 0.1) is 0 Å². The second-order valence-corrected chi connectivity index (χ2v) is 15.5. The lowest BCUT2D eigenvalue weighted by atomic mass is 9.89. The van der Waals surface area contributed by atoms with Crippen LogP contribution in [0.25, 0.3) is 74.4 Å². The van der Waals surface area contributed by atoms with Crippen LogP contribution in [0.5, 0.6) is 0 Å². The summed E-state index contributed by atoms with van der Waals surface area (Å²) >= 11 is 1.90. The maximum atomic E-state index is 7.01. The highest BCUT2D eigenvalue weighted by atomic mass is 32.1. The standard InChI is InChI=1S/C52H32N2OS/c1-5-15-33(16-6-1)53(34-17-7-2-8-18-34)37-27-29-39-45(31-37)55-51-43-25-13-24-42-47(43)48-41(49(39)51)23-14-26-44(48)52-50(42)40-30-28-38(32-46(40)56-52)54(35-19-9-3-10-20-35)36-21-11-4-12-22-36/h1-32H. The molecule has 4 heteroatoms. The zero-order valence-electron chi connectivity index (χ0n) is 30.2. The van der Waals surface area contributed by atoms with Crippen molar-refractivity contribution in [3.05, 3.63) is 194 Å². The molecule has 0 aliphatic heterocycles. The Morgan fingerprint density at radius 1 is 0.321 bits per heavy atom. The van der Waals surface area contributed by atoms with Gasteiger partial charge in [-0.05, 0) is 89.0 Å². The fourth-order valence-corrected chi connectivity index (χ4v) is 10.3. The van der Waals surface area contributed by atoms with E-state index in [1.54, 1.807) is 0 Å². The Morgan fingerprint density at radius 3 is 1.36 bits per heavy atom. The lowest BCUT2D eigenvalue weighted by Crippen LogP contribution is -2.09. The van der Waals surface area contributed by atoms with Crippen molar-refractivity contribution >= 4 is 120 Å². The van der Waals surface area contributed by atoms with Gasteiger partial charge in [0.05, 0.1) is 0 Å². The lowest BCUT2D eigenvalue weighted by molar-refractivity contribution is 0.673. The van der Waals surface area contributed by atoms with Crippen molar-refractivity contribution in [2.75, 3.05) is 9.80 Å². The van der Waals surface area contributed by atoms with Crippen LogP contribution >= 0.6 is 11.3 Å². The number of furan rings is 1. The fourth-order valence-electron chi connectivity index (χ4n) is 9.00. The third kappa shape index (κ3) is 4.57. The second-order valence-electron chi connectivity index (χ2n) is 14.4. The average molecular weight is 733 g/mol. The molecule has 12 aromatic rings. The van der Waals surface area contributed by atoms with Crippen LogP contribution in [-0.2, 0) is 0 Å². The summed E-state index contributed by atoms with van der Waals surface area (Å²) in [5, 5.41) is 12.4. The van der Waals surface area contributed by atoms with Crippen molar-refractivity contribution < 1.29 is 4.42 Å². The summed E-state index contributed by atoms with van der Waals surface area (Å²) in [5.74, 6) is 0. The molecule has 56 heavy (non-hydrogen) atoms. The van der Waals surface area contributed by atoms with Gasteiger partial charge in [-0.25, -0.2) is 0 Å². The monoisotopic (exact) mass is 732 g/mol. The van der Waals surface area contributed by atoms with Crippen LogP contribution in [-0.4, -0.2) is 0 Å². The molecule has 0 fully saturated rings. The molecule has 0 bridgehead atoms. The zero-order chi connectivity index (χ0) is 36.7. The van der Waals surface area contributed by atoms with E-state index in [1.165, 1.54) is 52.5 Å². The minimum atomic E-state index is 0.882. The van der Waals surface area contributed by atoms with Crippen molar-refractivity contribution in [3.8, 4) is 0 Å². The van der Waals surface area contributed by atoms with Gasteiger partial charge in [-0.2, -0.15) is 0 Å². The molecule has 262 valence electrons. The second kappa shape index (κ2) is 12.2. The number of hydrogen-bond donors (Lipinski definition) is 0. The third-order valence-electron chi connectivity index (χ3n) is 11.3. The molecule has 0 amide bonds. The number of thiophene rings is 1. The number of anilines is 6. The van der Waals surface area contributed by atoms with Crippen LogP contribution in [0.4, 0.5) is 34.1 Å². The van der Waals surface area contributed by atoms with E-state index >= 15 is 0 Å². The highest BCUT2D eigenvalue weighted by Gasteiger charge is 2.24. The first-order chi connectivity index (χ1) is 27.8. The normalized spacial score (nSPS) is 11.9. The third-order valence-corrected chi connectivity index (χ3v) is 12.5. The van der Waals surface area contributed by atoms with Gasteiger partial charge in [0.1, 0.15) is 11.2 Å². The van der Waals surface area contributed by atoms with Gasteiger partial charge in [0, 0.05) is 87.3 Å². The predicted molar refractivity (Wildman–Crippen MR) is 240 cm³/mol. The molecule has 12 rings (SSSR count). The Balaban J connectivity index is 1.10. The van der Waals surface area contributed by atoms with Crippen molar-refractivity contribution in [2.24, 2.45) is 0 Å². The molecule has 2 heterocycles. The van der Waals surface area contributed by atoms with Crippen molar-refractivity contribution in [2.45, 2.75) is 0 Å². The van der Waals surface area contributed by atoms with E-state index in [0.29, 0.717) is 0 Å². The van der Waals surface area contributed by atoms with Gasteiger partial charge in [-0.15, -0.1) is 11.3 Å². The fraction of sp³-hybridized carbons (Fsp3) is 0. The van der Waals surface area contributed by atoms with Crippen LogP contribution < -0.4 is 9.80 Å². The van der Waals surface area contributed by atoms with Gasteiger partial charge >= 0.3 is 0 Å². The van der Waals surface area contributed by atoms with Crippen LogP contribution in [0.2, 0.25) is 0 Å². The highest BCUT2D eigenvalue weighted by Crippen LogP contribution is 2.52.